The lowest BCUT2D eigenvalue weighted by molar-refractivity contribution is -0.138. The Hall–Kier alpha value is -2.21. The third kappa shape index (κ3) is 4.79. The molecule has 0 bridgehead atoms. The third-order valence-corrected chi connectivity index (χ3v) is 10.7. The number of sulfonamides is 1. The monoisotopic (exact) mass is 521 g/mol. The number of aromatic nitrogens is 1. The Morgan fingerprint density at radius 2 is 1.85 bits per heavy atom. The molecule has 0 atom stereocenters. The number of likely N-dealkylation sites (tertiary alicyclic amines) is 1. The molecule has 0 saturated carbocycles. The lowest BCUT2D eigenvalue weighted by Gasteiger charge is -2.36. The van der Waals surface area contributed by atoms with Crippen LogP contribution in [0.4, 0.5) is 0 Å². The highest BCUT2D eigenvalue weighted by Gasteiger charge is 2.35. The molecule has 34 heavy (non-hydrogen) atoms. The second kappa shape index (κ2) is 9.80. The smallest absolute Gasteiger partial charge is 0.274 e. The van der Waals surface area contributed by atoms with Crippen molar-refractivity contribution in [1.82, 2.24) is 14.2 Å². The van der Waals surface area contributed by atoms with Crippen molar-refractivity contribution in [3.05, 3.63) is 35.7 Å². The van der Waals surface area contributed by atoms with Gasteiger partial charge in [-0.3, -0.25) is 4.79 Å². The normalized spacial score (nSPS) is 18.9. The Balaban J connectivity index is 1.12. The van der Waals surface area contributed by atoms with E-state index in [2.05, 4.69) is 4.98 Å². The molecular weight excluding hydrogens is 494 g/mol. The number of carbonyl (C=O) groups is 1. The molecule has 182 valence electrons. The van der Waals surface area contributed by atoms with Crippen LogP contribution in [-0.2, 0) is 14.8 Å². The summed E-state index contributed by atoms with van der Waals surface area (Å²) >= 11 is 2.74. The molecule has 2 aliphatic heterocycles. The maximum Gasteiger partial charge on any atom is 0.274 e. The molecule has 2 saturated heterocycles. The van der Waals surface area contributed by atoms with Crippen LogP contribution >= 0.6 is 22.7 Å². The Bertz CT molecular complexity index is 1240. The van der Waals surface area contributed by atoms with Gasteiger partial charge in [0.2, 0.25) is 5.91 Å². The Morgan fingerprint density at radius 3 is 2.53 bits per heavy atom. The second-order valence-corrected chi connectivity index (χ2v) is 12.7. The van der Waals surface area contributed by atoms with E-state index in [1.165, 1.54) is 27.0 Å². The molecule has 1 amide bonds. The molecule has 0 unspecified atom stereocenters. The van der Waals surface area contributed by atoms with Crippen molar-refractivity contribution in [2.45, 2.75) is 36.0 Å². The van der Waals surface area contributed by atoms with E-state index in [0.29, 0.717) is 48.4 Å². The van der Waals surface area contributed by atoms with Gasteiger partial charge in [-0.05, 0) is 42.5 Å². The number of nitrogens with zero attached hydrogens (tertiary/aromatic N) is 3. The predicted octanol–water partition coefficient (Wildman–Crippen LogP) is 3.84. The predicted molar refractivity (Wildman–Crippen MR) is 132 cm³/mol. The fourth-order valence-electron chi connectivity index (χ4n) is 4.54. The van der Waals surface area contributed by atoms with Gasteiger partial charge in [-0.15, -0.1) is 11.3 Å². The molecule has 2 fully saturated rings. The van der Waals surface area contributed by atoms with E-state index in [1.807, 2.05) is 23.1 Å². The van der Waals surface area contributed by atoms with Gasteiger partial charge in [0, 0.05) is 44.9 Å². The quantitative estimate of drug-likeness (QED) is 0.490. The number of thiazole rings is 1. The summed E-state index contributed by atoms with van der Waals surface area (Å²) in [5.74, 6) is 0.815. The van der Waals surface area contributed by atoms with Gasteiger partial charge in [0.15, 0.2) is 0 Å². The number of fused-ring (bicyclic) bond motifs is 1. The van der Waals surface area contributed by atoms with Gasteiger partial charge >= 0.3 is 0 Å². The van der Waals surface area contributed by atoms with Crippen molar-refractivity contribution < 1.29 is 22.7 Å². The topological polar surface area (TPSA) is 89.0 Å². The lowest BCUT2D eigenvalue weighted by Crippen LogP contribution is -2.47. The van der Waals surface area contributed by atoms with E-state index in [9.17, 15) is 13.2 Å². The van der Waals surface area contributed by atoms with Crippen LogP contribution in [0.25, 0.3) is 10.2 Å². The van der Waals surface area contributed by atoms with E-state index in [-0.39, 0.29) is 17.9 Å². The molecule has 0 N–H and O–H groups in total. The Kier molecular flexibility index (Phi) is 6.79. The van der Waals surface area contributed by atoms with Gasteiger partial charge in [-0.25, -0.2) is 13.4 Å². The number of rotatable bonds is 6. The Labute approximate surface area is 207 Å². The van der Waals surface area contributed by atoms with Crippen molar-refractivity contribution in [2.24, 2.45) is 5.92 Å². The van der Waals surface area contributed by atoms with Crippen molar-refractivity contribution in [1.29, 1.82) is 0 Å². The number of amides is 1. The molecule has 11 heteroatoms. The van der Waals surface area contributed by atoms with Crippen LogP contribution in [0.3, 0.4) is 0 Å². The summed E-state index contributed by atoms with van der Waals surface area (Å²) in [6.45, 7) is 2.07. The van der Waals surface area contributed by atoms with Crippen molar-refractivity contribution in [2.75, 3.05) is 33.3 Å². The fourth-order valence-corrected chi connectivity index (χ4v) is 8.06. The summed E-state index contributed by atoms with van der Waals surface area (Å²) in [5.41, 5.74) is 0.890. The summed E-state index contributed by atoms with van der Waals surface area (Å²) in [4.78, 5) is 19.6. The average Bonchev–Trinajstić information content (AvgIpc) is 3.54. The van der Waals surface area contributed by atoms with Crippen LogP contribution < -0.4 is 9.47 Å². The highest BCUT2D eigenvalue weighted by Crippen LogP contribution is 2.33. The first-order valence-electron chi connectivity index (χ1n) is 11.4. The van der Waals surface area contributed by atoms with E-state index in [4.69, 9.17) is 9.47 Å². The summed E-state index contributed by atoms with van der Waals surface area (Å²) in [6, 6.07) is 9.15. The molecule has 0 radical (unpaired) electrons. The van der Waals surface area contributed by atoms with E-state index in [1.54, 1.807) is 24.6 Å². The van der Waals surface area contributed by atoms with Crippen molar-refractivity contribution >= 4 is 48.8 Å². The zero-order valence-electron chi connectivity index (χ0n) is 18.9. The molecule has 2 aromatic heterocycles. The third-order valence-electron chi connectivity index (χ3n) is 6.49. The molecule has 4 heterocycles. The minimum atomic E-state index is -3.45. The van der Waals surface area contributed by atoms with Crippen LogP contribution in [0.15, 0.2) is 39.9 Å². The van der Waals surface area contributed by atoms with E-state index < -0.39 is 10.0 Å². The number of piperidine rings is 2. The first kappa shape index (κ1) is 23.5. The summed E-state index contributed by atoms with van der Waals surface area (Å²) in [6.07, 6.45) is 2.68. The van der Waals surface area contributed by atoms with Crippen molar-refractivity contribution in [3.8, 4) is 10.9 Å². The number of carbonyl (C=O) groups excluding carboxylic acids is 1. The number of ether oxygens (including phenoxy) is 2. The Morgan fingerprint density at radius 1 is 1.09 bits per heavy atom. The maximum atomic E-state index is 13.1. The van der Waals surface area contributed by atoms with Crippen LogP contribution in [0.1, 0.15) is 25.7 Å². The number of benzene rings is 1. The molecular formula is C23H27N3O5S3. The highest BCUT2D eigenvalue weighted by atomic mass is 32.2. The SMILES string of the molecule is COc1ccc2nc(OC3CCN(C(=O)C4CCN(S(=O)(=O)c5cccs5)CC4)CC3)sc2c1. The van der Waals surface area contributed by atoms with Crippen molar-refractivity contribution in [3.63, 3.8) is 0 Å². The van der Waals surface area contributed by atoms with Gasteiger partial charge in [0.1, 0.15) is 16.1 Å². The molecule has 1 aromatic carbocycles. The molecule has 3 aromatic rings. The zero-order valence-corrected chi connectivity index (χ0v) is 21.3. The van der Waals surface area contributed by atoms with Gasteiger partial charge in [0.25, 0.3) is 15.2 Å². The second-order valence-electron chi connectivity index (χ2n) is 8.57. The number of methoxy groups -OCH3 is 1. The van der Waals surface area contributed by atoms with Crippen LogP contribution in [0.2, 0.25) is 0 Å². The zero-order chi connectivity index (χ0) is 23.7. The maximum absolute atomic E-state index is 13.1. The minimum absolute atomic E-state index is 0.0318. The highest BCUT2D eigenvalue weighted by molar-refractivity contribution is 7.91. The fraction of sp³-hybridized carbons (Fsp3) is 0.478. The van der Waals surface area contributed by atoms with Crippen LogP contribution in [-0.4, -0.2) is 67.9 Å². The molecule has 8 nitrogen and oxygen atoms in total. The molecule has 0 aliphatic carbocycles. The lowest BCUT2D eigenvalue weighted by atomic mass is 9.95. The minimum Gasteiger partial charge on any atom is -0.497 e. The van der Waals surface area contributed by atoms with E-state index >= 15 is 0 Å². The largest absolute Gasteiger partial charge is 0.497 e. The summed E-state index contributed by atoms with van der Waals surface area (Å²) in [5, 5.41) is 2.41. The van der Waals surface area contributed by atoms with Gasteiger partial charge in [0.05, 0.1) is 17.3 Å². The number of hydrogen-bond acceptors (Lipinski definition) is 8. The van der Waals surface area contributed by atoms with Crippen LogP contribution in [0, 0.1) is 5.92 Å². The summed E-state index contributed by atoms with van der Waals surface area (Å²) in [7, 11) is -1.80. The molecule has 5 rings (SSSR count). The molecule has 0 spiro atoms. The first-order chi connectivity index (χ1) is 16.4. The first-order valence-corrected chi connectivity index (χ1v) is 14.5. The van der Waals surface area contributed by atoms with Crippen LogP contribution in [0.5, 0.6) is 10.9 Å². The standard InChI is InChI=1S/C23H27N3O5S3/c1-30-18-4-5-19-20(15-18)33-23(24-19)31-17-8-10-25(11-9-17)22(27)16-6-12-26(13-7-16)34(28,29)21-3-2-14-32-21/h2-5,14-17H,6-13H2,1H3. The van der Waals surface area contributed by atoms with E-state index in [0.717, 1.165) is 28.8 Å². The van der Waals surface area contributed by atoms with Gasteiger partial charge in [-0.2, -0.15) is 4.31 Å². The van der Waals surface area contributed by atoms with Gasteiger partial charge in [-0.1, -0.05) is 17.4 Å². The summed E-state index contributed by atoms with van der Waals surface area (Å²) < 4.78 is 39.7. The van der Waals surface area contributed by atoms with Gasteiger partial charge < -0.3 is 14.4 Å². The average molecular weight is 522 g/mol. The molecule has 2 aliphatic rings. The number of hydrogen-bond donors (Lipinski definition) is 0. The number of thiophene rings is 1.